The molecular weight excluding hydrogens is 327 g/mol. The second-order valence-corrected chi connectivity index (χ2v) is 4.91. The molecule has 2 aromatic rings. The van der Waals surface area contributed by atoms with Gasteiger partial charge in [-0.05, 0) is 47.7 Å². The van der Waals surface area contributed by atoms with Gasteiger partial charge in [-0.3, -0.25) is 0 Å². The minimum atomic E-state index is -0.535. The molecule has 0 fully saturated rings. The first-order valence-electron chi connectivity index (χ1n) is 5.38. The van der Waals surface area contributed by atoms with Crippen molar-refractivity contribution in [3.8, 4) is 11.5 Å². The average molecular weight is 340 g/mol. The van der Waals surface area contributed by atoms with Gasteiger partial charge in [-0.1, -0.05) is 30.3 Å². The number of halogens is 1. The second kappa shape index (κ2) is 5.51. The number of hydrogen-bond acceptors (Lipinski definition) is 2. The monoisotopic (exact) mass is 340 g/mol. The molecule has 0 aliphatic rings. The quantitative estimate of drug-likeness (QED) is 0.851. The third kappa shape index (κ3) is 2.98. The lowest BCUT2D eigenvalue weighted by atomic mass is 10.1. The molecule has 0 heterocycles. The Kier molecular flexibility index (Phi) is 4.02. The van der Waals surface area contributed by atoms with Crippen LogP contribution in [0, 0.1) is 3.57 Å². The Bertz CT molecular complexity index is 509. The molecule has 0 spiro atoms. The number of aliphatic hydroxyl groups is 1. The van der Waals surface area contributed by atoms with Crippen LogP contribution in [0.4, 0.5) is 0 Å². The molecule has 0 saturated carbocycles. The van der Waals surface area contributed by atoms with Gasteiger partial charge in [0.25, 0.3) is 0 Å². The minimum Gasteiger partial charge on any atom is -0.456 e. The molecule has 0 amide bonds. The van der Waals surface area contributed by atoms with Gasteiger partial charge in [-0.2, -0.15) is 0 Å². The van der Waals surface area contributed by atoms with Crippen LogP contribution in [0.2, 0.25) is 0 Å². The highest BCUT2D eigenvalue weighted by Crippen LogP contribution is 2.31. The van der Waals surface area contributed by atoms with Gasteiger partial charge >= 0.3 is 0 Å². The van der Waals surface area contributed by atoms with Gasteiger partial charge in [-0.15, -0.1) is 0 Å². The van der Waals surface area contributed by atoms with Gasteiger partial charge in [0.2, 0.25) is 0 Å². The number of ether oxygens (including phenoxy) is 1. The van der Waals surface area contributed by atoms with Crippen molar-refractivity contribution in [1.82, 2.24) is 0 Å². The Balaban J connectivity index is 2.34. The SMILES string of the molecule is C[C@@H](O)c1ccccc1Oc1ccccc1I. The third-order valence-electron chi connectivity index (χ3n) is 2.43. The summed E-state index contributed by atoms with van der Waals surface area (Å²) >= 11 is 2.23. The molecule has 2 nitrogen and oxygen atoms in total. The summed E-state index contributed by atoms with van der Waals surface area (Å²) in [5.74, 6) is 1.51. The summed E-state index contributed by atoms with van der Waals surface area (Å²) in [5.41, 5.74) is 0.798. The van der Waals surface area contributed by atoms with Gasteiger partial charge < -0.3 is 9.84 Å². The fourth-order valence-corrected chi connectivity index (χ4v) is 2.06. The minimum absolute atomic E-state index is 0.535. The van der Waals surface area contributed by atoms with E-state index in [2.05, 4.69) is 22.6 Å². The first kappa shape index (κ1) is 12.4. The molecule has 2 rings (SSSR count). The molecule has 3 heteroatoms. The molecule has 0 aliphatic heterocycles. The maximum atomic E-state index is 9.67. The van der Waals surface area contributed by atoms with Gasteiger partial charge in [0.15, 0.2) is 0 Å². The highest BCUT2D eigenvalue weighted by Gasteiger charge is 2.10. The van der Waals surface area contributed by atoms with E-state index in [1.54, 1.807) is 6.92 Å². The van der Waals surface area contributed by atoms with Crippen molar-refractivity contribution in [3.63, 3.8) is 0 Å². The standard InChI is InChI=1S/C14H13IO2/c1-10(16)11-6-2-4-8-13(11)17-14-9-5-3-7-12(14)15/h2-10,16H,1H3/t10-/m1/s1. The number of rotatable bonds is 3. The van der Waals surface area contributed by atoms with Crippen LogP contribution in [0.15, 0.2) is 48.5 Å². The van der Waals surface area contributed by atoms with Crippen LogP contribution in [-0.2, 0) is 0 Å². The summed E-state index contributed by atoms with van der Waals surface area (Å²) in [6, 6.07) is 15.3. The third-order valence-corrected chi connectivity index (χ3v) is 3.32. The van der Waals surface area contributed by atoms with Gasteiger partial charge in [0.1, 0.15) is 11.5 Å². The smallest absolute Gasteiger partial charge is 0.140 e. The van der Waals surface area contributed by atoms with E-state index < -0.39 is 6.10 Å². The van der Waals surface area contributed by atoms with Crippen LogP contribution in [0.5, 0.6) is 11.5 Å². The molecule has 0 aliphatic carbocycles. The largest absolute Gasteiger partial charge is 0.456 e. The summed E-state index contributed by atoms with van der Waals surface area (Å²) in [7, 11) is 0. The predicted octanol–water partition coefficient (Wildman–Crippen LogP) is 4.14. The highest BCUT2D eigenvalue weighted by molar-refractivity contribution is 14.1. The van der Waals surface area contributed by atoms with E-state index in [9.17, 15) is 5.11 Å². The van der Waals surface area contributed by atoms with E-state index in [0.717, 1.165) is 14.9 Å². The maximum Gasteiger partial charge on any atom is 0.140 e. The van der Waals surface area contributed by atoms with Crippen LogP contribution >= 0.6 is 22.6 Å². The number of benzene rings is 2. The van der Waals surface area contributed by atoms with Crippen molar-refractivity contribution in [2.24, 2.45) is 0 Å². The molecule has 0 saturated heterocycles. The predicted molar refractivity (Wildman–Crippen MR) is 76.3 cm³/mol. The molecule has 17 heavy (non-hydrogen) atoms. The molecule has 2 aromatic carbocycles. The summed E-state index contributed by atoms with van der Waals surface area (Å²) in [6.07, 6.45) is -0.535. The molecule has 0 aromatic heterocycles. The Labute approximate surface area is 114 Å². The zero-order valence-electron chi connectivity index (χ0n) is 9.43. The lowest BCUT2D eigenvalue weighted by molar-refractivity contribution is 0.195. The van der Waals surface area contributed by atoms with Crippen LogP contribution in [0.25, 0.3) is 0 Å². The fourth-order valence-electron chi connectivity index (χ4n) is 1.56. The molecule has 0 bridgehead atoms. The van der Waals surface area contributed by atoms with Crippen molar-refractivity contribution >= 4 is 22.6 Å². The topological polar surface area (TPSA) is 29.5 Å². The first-order valence-corrected chi connectivity index (χ1v) is 6.45. The number of aliphatic hydroxyl groups excluding tert-OH is 1. The van der Waals surface area contributed by atoms with Crippen LogP contribution in [0.3, 0.4) is 0 Å². The second-order valence-electron chi connectivity index (χ2n) is 3.75. The Morgan fingerprint density at radius 3 is 2.24 bits per heavy atom. The molecule has 0 radical (unpaired) electrons. The Hall–Kier alpha value is -1.07. The number of hydrogen-bond donors (Lipinski definition) is 1. The fraction of sp³-hybridized carbons (Fsp3) is 0.143. The van der Waals surface area contributed by atoms with Crippen LogP contribution in [-0.4, -0.2) is 5.11 Å². The van der Waals surface area contributed by atoms with Gasteiger partial charge in [0, 0.05) is 5.56 Å². The zero-order valence-corrected chi connectivity index (χ0v) is 11.6. The highest BCUT2D eigenvalue weighted by atomic mass is 127. The van der Waals surface area contributed by atoms with Crippen LogP contribution < -0.4 is 4.74 Å². The zero-order chi connectivity index (χ0) is 12.3. The normalized spacial score (nSPS) is 12.2. The van der Waals surface area contributed by atoms with Crippen molar-refractivity contribution in [2.75, 3.05) is 0 Å². The van der Waals surface area contributed by atoms with Gasteiger partial charge in [0.05, 0.1) is 9.67 Å². The van der Waals surface area contributed by atoms with E-state index in [-0.39, 0.29) is 0 Å². The van der Waals surface area contributed by atoms with E-state index in [4.69, 9.17) is 4.74 Å². The van der Waals surface area contributed by atoms with Crippen LogP contribution in [0.1, 0.15) is 18.6 Å². The van der Waals surface area contributed by atoms with Crippen molar-refractivity contribution in [3.05, 3.63) is 57.7 Å². The molecule has 0 unspecified atom stereocenters. The summed E-state index contributed by atoms with van der Waals surface area (Å²) in [6.45, 7) is 1.73. The van der Waals surface area contributed by atoms with Crippen molar-refractivity contribution in [2.45, 2.75) is 13.0 Å². The summed E-state index contributed by atoms with van der Waals surface area (Å²) in [5, 5.41) is 9.67. The molecule has 1 N–H and O–H groups in total. The molecule has 88 valence electrons. The molecular formula is C14H13IO2. The lowest BCUT2D eigenvalue weighted by Crippen LogP contribution is -1.96. The summed E-state index contributed by atoms with van der Waals surface area (Å²) in [4.78, 5) is 0. The van der Waals surface area contributed by atoms with Crippen molar-refractivity contribution in [1.29, 1.82) is 0 Å². The maximum absolute atomic E-state index is 9.67. The average Bonchev–Trinajstić information content (AvgIpc) is 2.32. The van der Waals surface area contributed by atoms with E-state index in [1.165, 1.54) is 0 Å². The van der Waals surface area contributed by atoms with E-state index in [1.807, 2.05) is 48.5 Å². The van der Waals surface area contributed by atoms with E-state index in [0.29, 0.717) is 5.75 Å². The van der Waals surface area contributed by atoms with Crippen molar-refractivity contribution < 1.29 is 9.84 Å². The van der Waals surface area contributed by atoms with Gasteiger partial charge in [-0.25, -0.2) is 0 Å². The lowest BCUT2D eigenvalue weighted by Gasteiger charge is -2.13. The number of para-hydroxylation sites is 2. The Morgan fingerprint density at radius 1 is 1.00 bits per heavy atom. The summed E-state index contributed by atoms with van der Waals surface area (Å²) < 4.78 is 6.88. The molecule has 1 atom stereocenters. The first-order chi connectivity index (χ1) is 8.18. The Morgan fingerprint density at radius 2 is 1.59 bits per heavy atom. The van der Waals surface area contributed by atoms with E-state index >= 15 is 0 Å².